The largest absolute Gasteiger partial charge is 0.384 e. The van der Waals surface area contributed by atoms with Gasteiger partial charge in [-0.05, 0) is 12.5 Å². The van der Waals surface area contributed by atoms with Gasteiger partial charge in [0.05, 0.1) is 12.8 Å². The highest BCUT2D eigenvalue weighted by molar-refractivity contribution is 9.09. The van der Waals surface area contributed by atoms with Crippen molar-refractivity contribution in [3.8, 4) is 0 Å². The molecule has 6 nitrogen and oxygen atoms in total. The molecule has 0 saturated carbocycles. The maximum atomic E-state index is 11.6. The molecular formula is C8H14BrN3O3S. The van der Waals surface area contributed by atoms with Crippen LogP contribution in [-0.2, 0) is 14.8 Å². The van der Waals surface area contributed by atoms with Crippen LogP contribution in [0.25, 0.3) is 0 Å². The SMILES string of the molecule is COCC(Br)CCNS(=O)(=O)c1ccn[nH]1. The summed E-state index contributed by atoms with van der Waals surface area (Å²) in [6, 6.07) is 1.41. The minimum absolute atomic E-state index is 0.0744. The van der Waals surface area contributed by atoms with Crippen molar-refractivity contribution in [1.82, 2.24) is 14.9 Å². The quantitative estimate of drug-likeness (QED) is 0.718. The van der Waals surface area contributed by atoms with Crippen LogP contribution >= 0.6 is 15.9 Å². The maximum absolute atomic E-state index is 11.6. The second kappa shape index (κ2) is 6.33. The molecule has 0 amide bonds. The molecule has 0 radical (unpaired) electrons. The lowest BCUT2D eigenvalue weighted by Crippen LogP contribution is -2.27. The first-order valence-corrected chi connectivity index (χ1v) is 7.08. The molecule has 8 heteroatoms. The number of hydrogen-bond donors (Lipinski definition) is 2. The van der Waals surface area contributed by atoms with Gasteiger partial charge in [-0.3, -0.25) is 5.10 Å². The van der Waals surface area contributed by atoms with Crippen LogP contribution < -0.4 is 4.72 Å². The molecule has 2 N–H and O–H groups in total. The third-order valence-corrected chi connectivity index (χ3v) is 3.97. The van der Waals surface area contributed by atoms with E-state index in [-0.39, 0.29) is 9.85 Å². The first-order chi connectivity index (χ1) is 7.56. The van der Waals surface area contributed by atoms with Crippen molar-refractivity contribution in [2.75, 3.05) is 20.3 Å². The van der Waals surface area contributed by atoms with Crippen molar-refractivity contribution >= 4 is 26.0 Å². The molecule has 0 aliphatic heterocycles. The van der Waals surface area contributed by atoms with E-state index in [1.807, 2.05) is 0 Å². The first kappa shape index (κ1) is 13.6. The smallest absolute Gasteiger partial charge is 0.257 e. The van der Waals surface area contributed by atoms with E-state index < -0.39 is 10.0 Å². The standard InChI is InChI=1S/C8H14BrN3O3S/c1-15-6-7(9)2-5-11-16(13,14)8-3-4-10-12-8/h3-4,7,11H,2,5-6H2,1H3,(H,10,12). The normalized spacial score (nSPS) is 13.9. The molecule has 1 heterocycles. The van der Waals surface area contributed by atoms with Gasteiger partial charge >= 0.3 is 0 Å². The number of alkyl halides is 1. The Kier molecular flexibility index (Phi) is 5.39. The van der Waals surface area contributed by atoms with Gasteiger partial charge in [-0.2, -0.15) is 5.10 Å². The van der Waals surface area contributed by atoms with E-state index in [9.17, 15) is 8.42 Å². The van der Waals surface area contributed by atoms with E-state index in [1.165, 1.54) is 12.3 Å². The van der Waals surface area contributed by atoms with Gasteiger partial charge in [0.1, 0.15) is 0 Å². The Bertz CT molecular complexity index is 393. The minimum atomic E-state index is -3.46. The Balaban J connectivity index is 2.38. The lowest BCUT2D eigenvalue weighted by atomic mass is 10.3. The molecule has 92 valence electrons. The van der Waals surface area contributed by atoms with Gasteiger partial charge in [-0.1, -0.05) is 15.9 Å². The van der Waals surface area contributed by atoms with Gasteiger partial charge < -0.3 is 4.74 Å². The molecule has 1 rings (SSSR count). The van der Waals surface area contributed by atoms with Gasteiger partial charge in [-0.15, -0.1) is 0 Å². The zero-order chi connectivity index (χ0) is 12.0. The number of methoxy groups -OCH3 is 1. The highest BCUT2D eigenvalue weighted by atomic mass is 79.9. The third-order valence-electron chi connectivity index (χ3n) is 1.86. The molecule has 0 saturated heterocycles. The number of aromatic amines is 1. The second-order valence-corrected chi connectivity index (χ2v) is 6.19. The highest BCUT2D eigenvalue weighted by Crippen LogP contribution is 2.06. The average Bonchev–Trinajstić information content (AvgIpc) is 2.71. The molecule has 0 aliphatic carbocycles. The summed E-state index contributed by atoms with van der Waals surface area (Å²) in [6.45, 7) is 0.895. The highest BCUT2D eigenvalue weighted by Gasteiger charge is 2.15. The van der Waals surface area contributed by atoms with Crippen LogP contribution in [0, 0.1) is 0 Å². The van der Waals surface area contributed by atoms with Crippen molar-refractivity contribution in [2.45, 2.75) is 16.3 Å². The second-order valence-electron chi connectivity index (χ2n) is 3.16. The Morgan fingerprint density at radius 1 is 1.69 bits per heavy atom. The molecule has 0 aliphatic rings. The van der Waals surface area contributed by atoms with E-state index in [1.54, 1.807) is 7.11 Å². The van der Waals surface area contributed by atoms with Crippen LogP contribution in [0.15, 0.2) is 17.3 Å². The summed E-state index contributed by atoms with van der Waals surface area (Å²) in [4.78, 5) is 0.141. The molecule has 0 spiro atoms. The Morgan fingerprint density at radius 3 is 3.00 bits per heavy atom. The number of aromatic nitrogens is 2. The summed E-state index contributed by atoms with van der Waals surface area (Å²) in [5, 5.41) is 6.07. The number of hydrogen-bond acceptors (Lipinski definition) is 4. The Labute approximate surface area is 103 Å². The summed E-state index contributed by atoms with van der Waals surface area (Å²) >= 11 is 3.37. The van der Waals surface area contributed by atoms with Gasteiger partial charge in [0, 0.05) is 18.5 Å². The van der Waals surface area contributed by atoms with Gasteiger partial charge in [0.2, 0.25) is 0 Å². The van der Waals surface area contributed by atoms with Gasteiger partial charge in [0.25, 0.3) is 10.0 Å². The van der Waals surface area contributed by atoms with Crippen LogP contribution in [-0.4, -0.2) is 43.7 Å². The average molecular weight is 312 g/mol. The van der Waals surface area contributed by atoms with E-state index in [0.29, 0.717) is 19.6 Å². The van der Waals surface area contributed by atoms with Crippen LogP contribution in [0.4, 0.5) is 0 Å². The predicted molar refractivity (Wildman–Crippen MR) is 63.0 cm³/mol. The zero-order valence-corrected chi connectivity index (χ0v) is 11.2. The summed E-state index contributed by atoms with van der Waals surface area (Å²) in [5.41, 5.74) is 0. The minimum Gasteiger partial charge on any atom is -0.384 e. The van der Waals surface area contributed by atoms with E-state index >= 15 is 0 Å². The van der Waals surface area contributed by atoms with Crippen LogP contribution in [0.5, 0.6) is 0 Å². The fourth-order valence-electron chi connectivity index (χ4n) is 1.08. The molecule has 1 aromatic heterocycles. The summed E-state index contributed by atoms with van der Waals surface area (Å²) < 4.78 is 30.6. The number of ether oxygens (including phenoxy) is 1. The number of rotatable bonds is 7. The fourth-order valence-corrected chi connectivity index (χ4v) is 2.53. The number of nitrogens with one attached hydrogen (secondary N) is 2. The molecule has 1 unspecified atom stereocenters. The Hall–Kier alpha value is -0.440. The molecule has 1 atom stereocenters. The van der Waals surface area contributed by atoms with Crippen molar-refractivity contribution in [2.24, 2.45) is 0 Å². The molecule has 0 fully saturated rings. The van der Waals surface area contributed by atoms with E-state index in [0.717, 1.165) is 0 Å². The fraction of sp³-hybridized carbons (Fsp3) is 0.625. The van der Waals surface area contributed by atoms with Crippen molar-refractivity contribution in [3.05, 3.63) is 12.3 Å². The van der Waals surface area contributed by atoms with Crippen LogP contribution in [0.1, 0.15) is 6.42 Å². The third kappa shape index (κ3) is 4.20. The van der Waals surface area contributed by atoms with E-state index in [4.69, 9.17) is 4.74 Å². The molecule has 0 bridgehead atoms. The lowest BCUT2D eigenvalue weighted by Gasteiger charge is -2.08. The number of halogens is 1. The summed E-state index contributed by atoms with van der Waals surface area (Å²) in [6.07, 6.45) is 2.05. The number of H-pyrrole nitrogens is 1. The topological polar surface area (TPSA) is 84.1 Å². The molecular weight excluding hydrogens is 298 g/mol. The van der Waals surface area contributed by atoms with Crippen LogP contribution in [0.3, 0.4) is 0 Å². The maximum Gasteiger partial charge on any atom is 0.257 e. The molecule has 16 heavy (non-hydrogen) atoms. The summed E-state index contributed by atoms with van der Waals surface area (Å²) in [7, 11) is -1.86. The van der Waals surface area contributed by atoms with Crippen molar-refractivity contribution in [3.63, 3.8) is 0 Å². The van der Waals surface area contributed by atoms with Crippen molar-refractivity contribution < 1.29 is 13.2 Å². The molecule has 1 aromatic rings. The first-order valence-electron chi connectivity index (χ1n) is 4.68. The van der Waals surface area contributed by atoms with Crippen molar-refractivity contribution in [1.29, 1.82) is 0 Å². The van der Waals surface area contributed by atoms with Gasteiger partial charge in [-0.25, -0.2) is 13.1 Å². The van der Waals surface area contributed by atoms with Gasteiger partial charge in [0.15, 0.2) is 5.03 Å². The zero-order valence-electron chi connectivity index (χ0n) is 8.81. The lowest BCUT2D eigenvalue weighted by molar-refractivity contribution is 0.199. The van der Waals surface area contributed by atoms with E-state index in [2.05, 4.69) is 30.8 Å². The summed E-state index contributed by atoms with van der Waals surface area (Å²) in [5.74, 6) is 0. The predicted octanol–water partition coefficient (Wildman–Crippen LogP) is 0.488. The number of nitrogens with zero attached hydrogens (tertiary/aromatic N) is 1. The van der Waals surface area contributed by atoms with Crippen LogP contribution in [0.2, 0.25) is 0 Å². The monoisotopic (exact) mass is 311 g/mol. The Morgan fingerprint density at radius 2 is 2.44 bits per heavy atom. The number of sulfonamides is 1. The molecule has 0 aromatic carbocycles.